The van der Waals surface area contributed by atoms with E-state index in [9.17, 15) is 9.59 Å². The Morgan fingerprint density at radius 3 is 2.61 bits per heavy atom. The summed E-state index contributed by atoms with van der Waals surface area (Å²) in [6.45, 7) is 5.46. The Balaban J connectivity index is 2.61. The first kappa shape index (κ1) is 15.0. The maximum absolute atomic E-state index is 12.3. The fraction of sp³-hybridized carbons (Fsp3) is 0.846. The third-order valence-electron chi connectivity index (χ3n) is 3.47. The molecule has 104 valence electrons. The Bertz CT molecular complexity index is 305. The SMILES string of the molecule is CC(C)CC(CN)C(=O)N1CCCC(C(=O)O)C1. The average Bonchev–Trinajstić information content (AvgIpc) is 2.35. The molecule has 0 aromatic carbocycles. The molecule has 18 heavy (non-hydrogen) atoms. The number of amides is 1. The van der Waals surface area contributed by atoms with Crippen LogP contribution in [0.2, 0.25) is 0 Å². The fourth-order valence-corrected chi connectivity index (χ4v) is 2.50. The predicted molar refractivity (Wildman–Crippen MR) is 68.9 cm³/mol. The molecule has 0 radical (unpaired) electrons. The third-order valence-corrected chi connectivity index (χ3v) is 3.47. The van der Waals surface area contributed by atoms with E-state index in [1.807, 2.05) is 0 Å². The molecule has 1 heterocycles. The molecule has 2 atom stereocenters. The summed E-state index contributed by atoms with van der Waals surface area (Å²) in [5, 5.41) is 9.02. The zero-order chi connectivity index (χ0) is 13.7. The molecule has 0 bridgehead atoms. The van der Waals surface area contributed by atoms with Gasteiger partial charge in [0, 0.05) is 19.6 Å². The Hall–Kier alpha value is -1.10. The zero-order valence-corrected chi connectivity index (χ0v) is 11.3. The highest BCUT2D eigenvalue weighted by atomic mass is 16.4. The highest BCUT2D eigenvalue weighted by Gasteiger charge is 2.31. The molecular formula is C13H24N2O3. The summed E-state index contributed by atoms with van der Waals surface area (Å²) in [6, 6.07) is 0. The Kier molecular flexibility index (Phi) is 5.59. The molecule has 0 aliphatic carbocycles. The highest BCUT2D eigenvalue weighted by Crippen LogP contribution is 2.20. The van der Waals surface area contributed by atoms with Gasteiger partial charge in [0.25, 0.3) is 0 Å². The van der Waals surface area contributed by atoms with Gasteiger partial charge in [0.15, 0.2) is 0 Å². The van der Waals surface area contributed by atoms with Gasteiger partial charge in [-0.2, -0.15) is 0 Å². The van der Waals surface area contributed by atoms with Gasteiger partial charge in [-0.1, -0.05) is 13.8 Å². The molecule has 0 aromatic rings. The second-order valence-electron chi connectivity index (χ2n) is 5.52. The van der Waals surface area contributed by atoms with E-state index in [1.54, 1.807) is 4.90 Å². The number of hydrogen-bond donors (Lipinski definition) is 2. The van der Waals surface area contributed by atoms with Crippen molar-refractivity contribution in [3.8, 4) is 0 Å². The first-order chi connectivity index (χ1) is 8.45. The van der Waals surface area contributed by atoms with Gasteiger partial charge in [-0.15, -0.1) is 0 Å². The lowest BCUT2D eigenvalue weighted by Gasteiger charge is -2.33. The molecule has 5 nitrogen and oxygen atoms in total. The standard InChI is InChI=1S/C13H24N2O3/c1-9(2)6-11(7-14)12(16)15-5-3-4-10(8-15)13(17)18/h9-11H,3-8,14H2,1-2H3,(H,17,18). The summed E-state index contributed by atoms with van der Waals surface area (Å²) in [5.74, 6) is -0.946. The van der Waals surface area contributed by atoms with E-state index in [1.165, 1.54) is 0 Å². The second kappa shape index (κ2) is 6.73. The summed E-state index contributed by atoms with van der Waals surface area (Å²) >= 11 is 0. The van der Waals surface area contributed by atoms with Crippen LogP contribution < -0.4 is 5.73 Å². The van der Waals surface area contributed by atoms with Crippen molar-refractivity contribution in [2.45, 2.75) is 33.1 Å². The number of carboxylic acid groups (broad SMARTS) is 1. The zero-order valence-electron chi connectivity index (χ0n) is 11.3. The highest BCUT2D eigenvalue weighted by molar-refractivity contribution is 5.80. The van der Waals surface area contributed by atoms with Crippen molar-refractivity contribution in [1.29, 1.82) is 0 Å². The molecule has 5 heteroatoms. The fourth-order valence-electron chi connectivity index (χ4n) is 2.50. The Morgan fingerprint density at radius 1 is 1.44 bits per heavy atom. The minimum atomic E-state index is -0.805. The molecule has 1 aliphatic heterocycles. The number of nitrogens with two attached hydrogens (primary N) is 1. The van der Waals surface area contributed by atoms with Crippen LogP contribution in [0.4, 0.5) is 0 Å². The van der Waals surface area contributed by atoms with Crippen LogP contribution in [-0.4, -0.2) is 41.5 Å². The number of carboxylic acids is 1. The van der Waals surface area contributed by atoms with Crippen molar-refractivity contribution in [2.24, 2.45) is 23.5 Å². The molecule has 3 N–H and O–H groups in total. The summed E-state index contributed by atoms with van der Waals surface area (Å²) in [7, 11) is 0. The summed E-state index contributed by atoms with van der Waals surface area (Å²) in [5.41, 5.74) is 5.66. The molecule has 1 fully saturated rings. The number of nitrogens with zero attached hydrogens (tertiary/aromatic N) is 1. The summed E-state index contributed by atoms with van der Waals surface area (Å²) in [6.07, 6.45) is 2.20. The summed E-state index contributed by atoms with van der Waals surface area (Å²) in [4.78, 5) is 24.9. The molecule has 0 aromatic heterocycles. The number of rotatable bonds is 5. The first-order valence-electron chi connectivity index (χ1n) is 6.67. The van der Waals surface area contributed by atoms with Gasteiger partial charge in [0.1, 0.15) is 0 Å². The third kappa shape index (κ3) is 3.98. The predicted octanol–water partition coefficient (Wildman–Crippen LogP) is 0.931. The Morgan fingerprint density at radius 2 is 2.11 bits per heavy atom. The van der Waals surface area contributed by atoms with E-state index in [0.717, 1.165) is 12.8 Å². The van der Waals surface area contributed by atoms with Crippen LogP contribution >= 0.6 is 0 Å². The van der Waals surface area contributed by atoms with Crippen molar-refractivity contribution in [3.05, 3.63) is 0 Å². The quantitative estimate of drug-likeness (QED) is 0.766. The minimum absolute atomic E-state index is 0.0251. The van der Waals surface area contributed by atoms with E-state index in [-0.39, 0.29) is 11.8 Å². The number of carbonyl (C=O) groups is 2. The molecule has 0 spiro atoms. The number of likely N-dealkylation sites (tertiary alicyclic amines) is 1. The van der Waals surface area contributed by atoms with Crippen LogP contribution in [0, 0.1) is 17.8 Å². The van der Waals surface area contributed by atoms with Crippen LogP contribution in [0.1, 0.15) is 33.1 Å². The second-order valence-corrected chi connectivity index (χ2v) is 5.52. The van der Waals surface area contributed by atoms with Crippen LogP contribution in [0.3, 0.4) is 0 Å². The van der Waals surface area contributed by atoms with Gasteiger partial charge >= 0.3 is 5.97 Å². The van der Waals surface area contributed by atoms with Gasteiger partial charge in [-0.05, 0) is 25.2 Å². The van der Waals surface area contributed by atoms with Gasteiger partial charge in [0.05, 0.1) is 11.8 Å². The number of aliphatic carboxylic acids is 1. The van der Waals surface area contributed by atoms with Crippen molar-refractivity contribution in [2.75, 3.05) is 19.6 Å². The van der Waals surface area contributed by atoms with Crippen molar-refractivity contribution in [3.63, 3.8) is 0 Å². The van der Waals surface area contributed by atoms with Crippen molar-refractivity contribution < 1.29 is 14.7 Å². The number of piperidine rings is 1. The summed E-state index contributed by atoms with van der Waals surface area (Å²) < 4.78 is 0. The lowest BCUT2D eigenvalue weighted by Crippen LogP contribution is -2.46. The van der Waals surface area contributed by atoms with E-state index in [0.29, 0.717) is 32.0 Å². The maximum atomic E-state index is 12.3. The molecule has 1 aliphatic rings. The van der Waals surface area contributed by atoms with Crippen molar-refractivity contribution >= 4 is 11.9 Å². The number of hydrogen-bond acceptors (Lipinski definition) is 3. The smallest absolute Gasteiger partial charge is 0.308 e. The Labute approximate surface area is 108 Å². The number of carbonyl (C=O) groups excluding carboxylic acids is 1. The van der Waals surface area contributed by atoms with Gasteiger partial charge in [-0.3, -0.25) is 9.59 Å². The normalized spacial score (nSPS) is 22.0. The monoisotopic (exact) mass is 256 g/mol. The van der Waals surface area contributed by atoms with E-state index in [2.05, 4.69) is 13.8 Å². The minimum Gasteiger partial charge on any atom is -0.481 e. The van der Waals surface area contributed by atoms with Gasteiger partial charge < -0.3 is 15.7 Å². The molecule has 1 saturated heterocycles. The van der Waals surface area contributed by atoms with Crippen LogP contribution in [0.5, 0.6) is 0 Å². The first-order valence-corrected chi connectivity index (χ1v) is 6.67. The van der Waals surface area contributed by atoms with Gasteiger partial charge in [-0.25, -0.2) is 0 Å². The maximum Gasteiger partial charge on any atom is 0.308 e. The molecule has 2 unspecified atom stereocenters. The molecule has 1 rings (SSSR count). The van der Waals surface area contributed by atoms with Crippen molar-refractivity contribution in [1.82, 2.24) is 4.90 Å². The topological polar surface area (TPSA) is 83.6 Å². The lowest BCUT2D eigenvalue weighted by molar-refractivity contribution is -0.146. The lowest BCUT2D eigenvalue weighted by atomic mass is 9.93. The van der Waals surface area contributed by atoms with E-state index < -0.39 is 11.9 Å². The van der Waals surface area contributed by atoms with E-state index >= 15 is 0 Å². The molecule has 1 amide bonds. The molecular weight excluding hydrogens is 232 g/mol. The van der Waals surface area contributed by atoms with Gasteiger partial charge in [0.2, 0.25) is 5.91 Å². The largest absolute Gasteiger partial charge is 0.481 e. The average molecular weight is 256 g/mol. The van der Waals surface area contributed by atoms with Crippen LogP contribution in [0.15, 0.2) is 0 Å². The van der Waals surface area contributed by atoms with E-state index in [4.69, 9.17) is 10.8 Å². The van der Waals surface area contributed by atoms with Crippen LogP contribution in [0.25, 0.3) is 0 Å². The van der Waals surface area contributed by atoms with Crippen LogP contribution in [-0.2, 0) is 9.59 Å². The molecule has 0 saturated carbocycles.